The summed E-state index contributed by atoms with van der Waals surface area (Å²) in [5.41, 5.74) is 0.968. The summed E-state index contributed by atoms with van der Waals surface area (Å²) in [5.74, 6) is 0.349. The minimum atomic E-state index is -0.104. The van der Waals surface area contributed by atoms with Gasteiger partial charge in [0, 0.05) is 0 Å². The summed E-state index contributed by atoms with van der Waals surface area (Å²) in [4.78, 5) is 19.7. The number of hydrogen-bond donors (Lipinski definition) is 1. The van der Waals surface area contributed by atoms with E-state index in [0.29, 0.717) is 16.8 Å². The number of hydrogen-bond acceptors (Lipinski definition) is 3. The van der Waals surface area contributed by atoms with Crippen LogP contribution in [0.15, 0.2) is 47.3 Å². The molecule has 0 saturated carbocycles. The molecule has 0 atom stereocenters. The fourth-order valence-electron chi connectivity index (χ4n) is 1.35. The van der Waals surface area contributed by atoms with E-state index in [-0.39, 0.29) is 5.91 Å². The summed E-state index contributed by atoms with van der Waals surface area (Å²) in [5, 5.41) is 2.68. The third-order valence-electron chi connectivity index (χ3n) is 2.10. The minimum Gasteiger partial charge on any atom is -0.309 e. The van der Waals surface area contributed by atoms with Crippen LogP contribution < -0.4 is 5.32 Å². The molecule has 0 unspecified atom stereocenters. The van der Waals surface area contributed by atoms with Crippen molar-refractivity contribution in [1.82, 2.24) is 9.97 Å². The topological polar surface area (TPSA) is 54.9 Å². The van der Waals surface area contributed by atoms with Gasteiger partial charge < -0.3 is 5.32 Å². The lowest BCUT2D eigenvalue weighted by atomic mass is 10.1. The van der Waals surface area contributed by atoms with E-state index in [0.717, 1.165) is 5.56 Å². The molecule has 0 aliphatic rings. The molecule has 0 saturated heterocycles. The van der Waals surface area contributed by atoms with Gasteiger partial charge in [-0.3, -0.25) is 4.79 Å². The van der Waals surface area contributed by atoms with Gasteiger partial charge in [0.25, 0.3) is 0 Å². The van der Waals surface area contributed by atoms with Gasteiger partial charge in [0.15, 0.2) is 5.82 Å². The average molecular weight is 292 g/mol. The van der Waals surface area contributed by atoms with Crippen molar-refractivity contribution in [3.63, 3.8) is 0 Å². The van der Waals surface area contributed by atoms with Crippen LogP contribution in [-0.2, 0) is 11.2 Å². The van der Waals surface area contributed by atoms with Crippen LogP contribution in [0.2, 0.25) is 0 Å². The number of amides is 1. The summed E-state index contributed by atoms with van der Waals surface area (Å²) in [7, 11) is 0. The molecule has 17 heavy (non-hydrogen) atoms. The number of rotatable bonds is 3. The Labute approximate surface area is 107 Å². The van der Waals surface area contributed by atoms with Crippen molar-refractivity contribution in [2.75, 3.05) is 5.32 Å². The second-order valence-electron chi connectivity index (χ2n) is 3.43. The maximum Gasteiger partial charge on any atom is 0.229 e. The Balaban J connectivity index is 1.96. The fourth-order valence-corrected chi connectivity index (χ4v) is 1.55. The Morgan fingerprint density at radius 3 is 2.59 bits per heavy atom. The predicted molar refractivity (Wildman–Crippen MR) is 68.5 cm³/mol. The molecular weight excluding hydrogens is 282 g/mol. The fraction of sp³-hybridized carbons (Fsp3) is 0.0833. The van der Waals surface area contributed by atoms with Crippen molar-refractivity contribution in [1.29, 1.82) is 0 Å². The molecule has 1 aromatic heterocycles. The van der Waals surface area contributed by atoms with Crippen molar-refractivity contribution < 1.29 is 4.79 Å². The standard InChI is InChI=1S/C12H10BrN3O/c13-10-7-15-11(8-14-10)16-12(17)6-9-4-2-1-3-5-9/h1-5,7-8H,6H2,(H,15,16,17). The van der Waals surface area contributed by atoms with E-state index < -0.39 is 0 Å². The lowest BCUT2D eigenvalue weighted by molar-refractivity contribution is -0.115. The number of carbonyl (C=O) groups is 1. The molecule has 2 aromatic rings. The monoisotopic (exact) mass is 291 g/mol. The first kappa shape index (κ1) is 11.7. The molecule has 0 aliphatic carbocycles. The molecule has 5 heteroatoms. The van der Waals surface area contributed by atoms with E-state index in [4.69, 9.17) is 0 Å². The van der Waals surface area contributed by atoms with Crippen LogP contribution in [0.4, 0.5) is 5.82 Å². The zero-order valence-corrected chi connectivity index (χ0v) is 10.5. The number of halogens is 1. The first-order chi connectivity index (χ1) is 8.24. The number of benzene rings is 1. The van der Waals surface area contributed by atoms with E-state index in [1.165, 1.54) is 12.4 Å². The second kappa shape index (κ2) is 5.54. The van der Waals surface area contributed by atoms with E-state index in [9.17, 15) is 4.79 Å². The molecule has 0 aliphatic heterocycles. The van der Waals surface area contributed by atoms with Crippen LogP contribution in [0.3, 0.4) is 0 Å². The van der Waals surface area contributed by atoms with Gasteiger partial charge in [-0.1, -0.05) is 30.3 Å². The molecule has 2 rings (SSSR count). The highest BCUT2D eigenvalue weighted by Crippen LogP contribution is 2.07. The molecular formula is C12H10BrN3O. The Kier molecular flexibility index (Phi) is 3.82. The summed E-state index contributed by atoms with van der Waals surface area (Å²) in [6, 6.07) is 9.55. The SMILES string of the molecule is O=C(Cc1ccccc1)Nc1cnc(Br)cn1. The maximum atomic E-state index is 11.7. The van der Waals surface area contributed by atoms with E-state index in [1.807, 2.05) is 30.3 Å². The van der Waals surface area contributed by atoms with Gasteiger partial charge in [-0.2, -0.15) is 0 Å². The Bertz CT molecular complexity index is 499. The predicted octanol–water partition coefficient (Wildman–Crippen LogP) is 2.42. The summed E-state index contributed by atoms with van der Waals surface area (Å²) < 4.78 is 0.638. The normalized spacial score (nSPS) is 9.94. The third-order valence-corrected chi connectivity index (χ3v) is 2.50. The second-order valence-corrected chi connectivity index (χ2v) is 4.25. The first-order valence-corrected chi connectivity index (χ1v) is 5.84. The van der Waals surface area contributed by atoms with Crippen LogP contribution in [0.25, 0.3) is 0 Å². The Morgan fingerprint density at radius 1 is 1.18 bits per heavy atom. The third kappa shape index (κ3) is 3.64. The van der Waals surface area contributed by atoms with Crippen LogP contribution in [0.5, 0.6) is 0 Å². The minimum absolute atomic E-state index is 0.104. The van der Waals surface area contributed by atoms with E-state index >= 15 is 0 Å². The number of aromatic nitrogens is 2. The molecule has 1 heterocycles. The molecule has 0 spiro atoms. The van der Waals surface area contributed by atoms with Crippen LogP contribution in [-0.4, -0.2) is 15.9 Å². The van der Waals surface area contributed by atoms with Crippen LogP contribution in [0, 0.1) is 0 Å². The number of nitrogens with zero attached hydrogens (tertiary/aromatic N) is 2. The van der Waals surface area contributed by atoms with Gasteiger partial charge in [-0.25, -0.2) is 9.97 Å². The molecule has 4 nitrogen and oxygen atoms in total. The lowest BCUT2D eigenvalue weighted by Crippen LogP contribution is -2.15. The van der Waals surface area contributed by atoms with E-state index in [2.05, 4.69) is 31.2 Å². The summed E-state index contributed by atoms with van der Waals surface area (Å²) in [6.45, 7) is 0. The highest BCUT2D eigenvalue weighted by molar-refractivity contribution is 9.10. The smallest absolute Gasteiger partial charge is 0.229 e. The Hall–Kier alpha value is -1.75. The quantitative estimate of drug-likeness (QED) is 0.945. The highest BCUT2D eigenvalue weighted by Gasteiger charge is 2.04. The Morgan fingerprint density at radius 2 is 1.94 bits per heavy atom. The van der Waals surface area contributed by atoms with Gasteiger partial charge in [0.05, 0.1) is 18.8 Å². The van der Waals surface area contributed by atoms with Crippen molar-refractivity contribution in [2.24, 2.45) is 0 Å². The van der Waals surface area contributed by atoms with Gasteiger partial charge in [0.2, 0.25) is 5.91 Å². The number of carbonyl (C=O) groups excluding carboxylic acids is 1. The lowest BCUT2D eigenvalue weighted by Gasteiger charge is -2.03. The summed E-state index contributed by atoms with van der Waals surface area (Å²) in [6.07, 6.45) is 3.38. The zero-order chi connectivity index (χ0) is 12.1. The molecule has 1 N–H and O–H groups in total. The van der Waals surface area contributed by atoms with Crippen molar-refractivity contribution in [3.05, 3.63) is 52.9 Å². The van der Waals surface area contributed by atoms with Gasteiger partial charge >= 0.3 is 0 Å². The van der Waals surface area contributed by atoms with Crippen LogP contribution in [0.1, 0.15) is 5.56 Å². The highest BCUT2D eigenvalue weighted by atomic mass is 79.9. The molecule has 0 bridgehead atoms. The van der Waals surface area contributed by atoms with E-state index in [1.54, 1.807) is 0 Å². The maximum absolute atomic E-state index is 11.7. The summed E-state index contributed by atoms with van der Waals surface area (Å²) >= 11 is 3.18. The van der Waals surface area contributed by atoms with Crippen molar-refractivity contribution in [2.45, 2.75) is 6.42 Å². The largest absolute Gasteiger partial charge is 0.309 e. The average Bonchev–Trinajstić information content (AvgIpc) is 2.33. The molecule has 86 valence electrons. The molecule has 1 aromatic carbocycles. The van der Waals surface area contributed by atoms with Crippen molar-refractivity contribution in [3.8, 4) is 0 Å². The van der Waals surface area contributed by atoms with Crippen molar-refractivity contribution >= 4 is 27.7 Å². The molecule has 0 radical (unpaired) electrons. The van der Waals surface area contributed by atoms with Gasteiger partial charge in [0.1, 0.15) is 4.60 Å². The molecule has 0 fully saturated rings. The number of nitrogens with one attached hydrogen (secondary N) is 1. The first-order valence-electron chi connectivity index (χ1n) is 5.05. The van der Waals surface area contributed by atoms with Crippen LogP contribution >= 0.6 is 15.9 Å². The molecule has 1 amide bonds. The van der Waals surface area contributed by atoms with Gasteiger partial charge in [-0.05, 0) is 21.5 Å². The number of anilines is 1. The van der Waals surface area contributed by atoms with Gasteiger partial charge in [-0.15, -0.1) is 0 Å². The zero-order valence-electron chi connectivity index (χ0n) is 8.93.